The van der Waals surface area contributed by atoms with Crippen molar-refractivity contribution in [3.8, 4) is 0 Å². The second-order valence-corrected chi connectivity index (χ2v) is 4.73. The number of carbonyl (C=O) groups excluding carboxylic acids is 1. The third-order valence-electron chi connectivity index (χ3n) is 2.67. The molecule has 0 spiro atoms. The van der Waals surface area contributed by atoms with Gasteiger partial charge in [0.1, 0.15) is 6.04 Å². The third kappa shape index (κ3) is 1.91. The smallest absolute Gasteiger partial charge is 0.242 e. The van der Waals surface area contributed by atoms with Crippen molar-refractivity contribution < 1.29 is 9.90 Å². The van der Waals surface area contributed by atoms with Crippen molar-refractivity contribution in [1.82, 2.24) is 10.2 Å². The largest absolute Gasteiger partial charge is 0.394 e. The Morgan fingerprint density at radius 3 is 2.64 bits per heavy atom. The van der Waals surface area contributed by atoms with Crippen molar-refractivity contribution in [1.29, 1.82) is 0 Å². The van der Waals surface area contributed by atoms with Gasteiger partial charge in [0.25, 0.3) is 0 Å². The van der Waals surface area contributed by atoms with E-state index in [4.69, 9.17) is 5.11 Å². The molecular weight excluding hydrogens is 180 g/mol. The van der Waals surface area contributed by atoms with Gasteiger partial charge in [-0.15, -0.1) is 0 Å². The standard InChI is InChI=1S/C10H20N2O2/c1-7(2)12-9(14)8(5-13)11-6-10(12,3)4/h7-8,11,13H,5-6H2,1-4H3. The molecule has 1 rings (SSSR count). The quantitative estimate of drug-likeness (QED) is 0.658. The zero-order chi connectivity index (χ0) is 10.9. The number of hydrogen-bond donors (Lipinski definition) is 2. The molecule has 0 bridgehead atoms. The lowest BCUT2D eigenvalue weighted by atomic mass is 9.95. The average molecular weight is 200 g/mol. The number of nitrogens with one attached hydrogen (secondary N) is 1. The molecule has 1 aliphatic rings. The van der Waals surface area contributed by atoms with Crippen LogP contribution < -0.4 is 5.32 Å². The van der Waals surface area contributed by atoms with Crippen LogP contribution in [0, 0.1) is 0 Å². The first-order valence-electron chi connectivity index (χ1n) is 5.07. The molecule has 1 saturated heterocycles. The molecule has 2 N–H and O–H groups in total. The summed E-state index contributed by atoms with van der Waals surface area (Å²) in [6.07, 6.45) is 0. The van der Waals surface area contributed by atoms with Crippen molar-refractivity contribution in [2.75, 3.05) is 13.2 Å². The zero-order valence-corrected chi connectivity index (χ0v) is 9.37. The molecular formula is C10H20N2O2. The number of carbonyl (C=O) groups is 1. The maximum atomic E-state index is 11.9. The summed E-state index contributed by atoms with van der Waals surface area (Å²) < 4.78 is 0. The van der Waals surface area contributed by atoms with E-state index < -0.39 is 6.04 Å². The highest BCUT2D eigenvalue weighted by Crippen LogP contribution is 2.22. The average Bonchev–Trinajstić information content (AvgIpc) is 2.02. The van der Waals surface area contributed by atoms with Crippen LogP contribution in [0.25, 0.3) is 0 Å². The van der Waals surface area contributed by atoms with Gasteiger partial charge in [0, 0.05) is 12.6 Å². The summed E-state index contributed by atoms with van der Waals surface area (Å²) in [6.45, 7) is 8.66. The Hall–Kier alpha value is -0.610. The number of amides is 1. The Morgan fingerprint density at radius 2 is 2.21 bits per heavy atom. The molecule has 0 aromatic rings. The molecule has 4 heteroatoms. The monoisotopic (exact) mass is 200 g/mol. The summed E-state index contributed by atoms with van der Waals surface area (Å²) >= 11 is 0. The first kappa shape index (κ1) is 11.5. The lowest BCUT2D eigenvalue weighted by molar-refractivity contribution is -0.146. The number of nitrogens with zero attached hydrogens (tertiary/aromatic N) is 1. The van der Waals surface area contributed by atoms with Crippen molar-refractivity contribution >= 4 is 5.91 Å². The van der Waals surface area contributed by atoms with Crippen LogP contribution in [0.1, 0.15) is 27.7 Å². The van der Waals surface area contributed by atoms with Crippen molar-refractivity contribution in [2.24, 2.45) is 0 Å². The molecule has 14 heavy (non-hydrogen) atoms. The fraction of sp³-hybridized carbons (Fsp3) is 0.900. The minimum Gasteiger partial charge on any atom is -0.394 e. The Kier molecular flexibility index (Phi) is 3.17. The van der Waals surface area contributed by atoms with Gasteiger partial charge >= 0.3 is 0 Å². The molecule has 0 aromatic carbocycles. The van der Waals surface area contributed by atoms with E-state index in [1.54, 1.807) is 0 Å². The van der Waals surface area contributed by atoms with E-state index in [1.807, 2.05) is 32.6 Å². The van der Waals surface area contributed by atoms with Gasteiger partial charge < -0.3 is 15.3 Å². The third-order valence-corrected chi connectivity index (χ3v) is 2.67. The van der Waals surface area contributed by atoms with E-state index >= 15 is 0 Å². The molecule has 1 atom stereocenters. The van der Waals surface area contributed by atoms with Crippen LogP contribution in [0.15, 0.2) is 0 Å². The molecule has 0 radical (unpaired) electrons. The number of aliphatic hydroxyl groups excluding tert-OH is 1. The van der Waals surface area contributed by atoms with Gasteiger partial charge in [-0.25, -0.2) is 0 Å². The van der Waals surface area contributed by atoms with E-state index in [1.165, 1.54) is 0 Å². The summed E-state index contributed by atoms with van der Waals surface area (Å²) in [5.41, 5.74) is -0.170. The van der Waals surface area contributed by atoms with Crippen LogP contribution in [0.2, 0.25) is 0 Å². The summed E-state index contributed by atoms with van der Waals surface area (Å²) in [7, 11) is 0. The van der Waals surface area contributed by atoms with Crippen LogP contribution in [0.5, 0.6) is 0 Å². The normalized spacial score (nSPS) is 27.1. The van der Waals surface area contributed by atoms with Gasteiger partial charge in [0.2, 0.25) is 5.91 Å². The van der Waals surface area contributed by atoms with Gasteiger partial charge in [-0.05, 0) is 27.7 Å². The van der Waals surface area contributed by atoms with Crippen molar-refractivity contribution in [2.45, 2.75) is 45.3 Å². The molecule has 1 amide bonds. The molecule has 0 saturated carbocycles. The van der Waals surface area contributed by atoms with Crippen LogP contribution in [0.4, 0.5) is 0 Å². The Morgan fingerprint density at radius 1 is 1.64 bits per heavy atom. The van der Waals surface area contributed by atoms with Gasteiger partial charge in [0.05, 0.1) is 12.1 Å². The number of piperazine rings is 1. The van der Waals surface area contributed by atoms with E-state index in [0.29, 0.717) is 0 Å². The van der Waals surface area contributed by atoms with Crippen molar-refractivity contribution in [3.05, 3.63) is 0 Å². The topological polar surface area (TPSA) is 52.6 Å². The molecule has 1 heterocycles. The van der Waals surface area contributed by atoms with Crippen molar-refractivity contribution in [3.63, 3.8) is 0 Å². The lowest BCUT2D eigenvalue weighted by Gasteiger charge is -2.47. The van der Waals surface area contributed by atoms with Gasteiger partial charge in [-0.3, -0.25) is 4.79 Å². The summed E-state index contributed by atoms with van der Waals surface area (Å²) in [5.74, 6) is -0.00116. The van der Waals surface area contributed by atoms with Crippen LogP contribution in [-0.2, 0) is 4.79 Å². The fourth-order valence-corrected chi connectivity index (χ4v) is 2.11. The van der Waals surface area contributed by atoms with Gasteiger partial charge in [-0.1, -0.05) is 0 Å². The fourth-order valence-electron chi connectivity index (χ4n) is 2.11. The second-order valence-electron chi connectivity index (χ2n) is 4.73. The van der Waals surface area contributed by atoms with Crippen LogP contribution in [0.3, 0.4) is 0 Å². The Balaban J connectivity index is 2.87. The predicted molar refractivity (Wildman–Crippen MR) is 54.9 cm³/mol. The number of aliphatic hydroxyl groups is 1. The molecule has 0 aliphatic carbocycles. The van der Waals surface area contributed by atoms with Gasteiger partial charge in [0.15, 0.2) is 0 Å². The molecule has 1 fully saturated rings. The molecule has 1 unspecified atom stereocenters. The summed E-state index contributed by atoms with van der Waals surface area (Å²) in [4.78, 5) is 13.8. The molecule has 4 nitrogen and oxygen atoms in total. The minimum absolute atomic E-state index is 0.00116. The van der Waals surface area contributed by atoms with E-state index in [9.17, 15) is 4.79 Å². The number of hydrogen-bond acceptors (Lipinski definition) is 3. The Bertz CT molecular complexity index is 226. The first-order valence-corrected chi connectivity index (χ1v) is 5.07. The molecule has 82 valence electrons. The SMILES string of the molecule is CC(C)N1C(=O)C(CO)NCC1(C)C. The maximum Gasteiger partial charge on any atom is 0.242 e. The maximum absolute atomic E-state index is 11.9. The minimum atomic E-state index is -0.426. The first-order chi connectivity index (χ1) is 6.40. The summed E-state index contributed by atoms with van der Waals surface area (Å²) in [6, 6.07) is -0.251. The van der Waals surface area contributed by atoms with E-state index in [-0.39, 0.29) is 24.1 Å². The summed E-state index contributed by atoms with van der Waals surface area (Å²) in [5, 5.41) is 12.1. The van der Waals surface area contributed by atoms with E-state index in [0.717, 1.165) is 6.54 Å². The highest BCUT2D eigenvalue weighted by atomic mass is 16.3. The van der Waals surface area contributed by atoms with Crippen LogP contribution >= 0.6 is 0 Å². The second kappa shape index (κ2) is 3.87. The Labute approximate surface area is 85.3 Å². The van der Waals surface area contributed by atoms with E-state index in [2.05, 4.69) is 5.32 Å². The van der Waals surface area contributed by atoms with Crippen LogP contribution in [-0.4, -0.2) is 46.7 Å². The zero-order valence-electron chi connectivity index (χ0n) is 9.37. The predicted octanol–water partition coefficient (Wildman–Crippen LogP) is -0.0339. The van der Waals surface area contributed by atoms with Gasteiger partial charge in [-0.2, -0.15) is 0 Å². The molecule has 0 aromatic heterocycles. The lowest BCUT2D eigenvalue weighted by Crippen LogP contribution is -2.67. The highest BCUT2D eigenvalue weighted by molar-refractivity contribution is 5.84. The molecule has 1 aliphatic heterocycles. The highest BCUT2D eigenvalue weighted by Gasteiger charge is 2.40. The number of rotatable bonds is 2.